The molecule has 0 amide bonds. The van der Waals surface area contributed by atoms with Crippen molar-refractivity contribution < 1.29 is 13.6 Å². The van der Waals surface area contributed by atoms with Gasteiger partial charge in [0.1, 0.15) is 22.3 Å². The molecule has 9 aromatic rings. The first kappa shape index (κ1) is 26.7. The zero-order valence-electron chi connectivity index (χ0n) is 25.8. The lowest BCUT2D eigenvalue weighted by Gasteiger charge is -2.26. The van der Waals surface area contributed by atoms with Gasteiger partial charge in [-0.3, -0.25) is 0 Å². The van der Waals surface area contributed by atoms with E-state index in [0.717, 1.165) is 83.5 Å². The molecule has 0 spiro atoms. The Labute approximate surface area is 276 Å². The van der Waals surface area contributed by atoms with E-state index in [1.165, 1.54) is 5.56 Å². The second-order valence-corrected chi connectivity index (χ2v) is 12.1. The molecule has 7 aromatic carbocycles. The van der Waals surface area contributed by atoms with Crippen molar-refractivity contribution in [2.75, 3.05) is 10.2 Å². The molecule has 0 saturated carbocycles. The first-order valence-electron chi connectivity index (χ1n) is 16.1. The van der Waals surface area contributed by atoms with Crippen LogP contribution in [0.25, 0.3) is 55.0 Å². The number of para-hydroxylation sites is 1. The minimum atomic E-state index is -0.254. The maximum Gasteiger partial charge on any atom is 0.196 e. The molecule has 3 heterocycles. The van der Waals surface area contributed by atoms with Crippen molar-refractivity contribution in [3.63, 3.8) is 0 Å². The van der Waals surface area contributed by atoms with Crippen LogP contribution in [-0.4, -0.2) is 0 Å². The summed E-state index contributed by atoms with van der Waals surface area (Å²) in [5, 5.41) is 7.66. The van der Waals surface area contributed by atoms with Crippen molar-refractivity contribution >= 4 is 66.6 Å². The van der Waals surface area contributed by atoms with Crippen LogP contribution in [0.15, 0.2) is 167 Å². The fourth-order valence-electron chi connectivity index (χ4n) is 7.07. The van der Waals surface area contributed by atoms with E-state index < -0.39 is 0 Å². The number of hydrogen-bond acceptors (Lipinski definition) is 5. The molecule has 5 heteroatoms. The Kier molecular flexibility index (Phi) is 5.87. The van der Waals surface area contributed by atoms with Crippen LogP contribution >= 0.6 is 0 Å². The third-order valence-electron chi connectivity index (χ3n) is 9.31. The molecular formula is C43H28N2O3. The van der Waals surface area contributed by atoms with Gasteiger partial charge in [0.2, 0.25) is 0 Å². The number of hydrogen-bond donors (Lipinski definition) is 1. The van der Waals surface area contributed by atoms with Gasteiger partial charge in [-0.05, 0) is 65.7 Å². The SMILES string of the molecule is c1ccc(-c2ccc(N(c3ccc4c(c3)oc3ccc5c(c34)OC(c3ccccc3)N5)c3cccc4oc5ccccc5c34)cc2)cc1. The van der Waals surface area contributed by atoms with Crippen molar-refractivity contribution in [1.29, 1.82) is 0 Å². The summed E-state index contributed by atoms with van der Waals surface area (Å²) in [6.07, 6.45) is -0.254. The van der Waals surface area contributed by atoms with Gasteiger partial charge < -0.3 is 23.8 Å². The molecule has 1 unspecified atom stereocenters. The van der Waals surface area contributed by atoms with E-state index in [1.54, 1.807) is 0 Å². The Bertz CT molecular complexity index is 2620. The second kappa shape index (κ2) is 10.5. The highest BCUT2D eigenvalue weighted by Gasteiger charge is 2.28. The van der Waals surface area contributed by atoms with Gasteiger partial charge in [0.15, 0.2) is 12.0 Å². The van der Waals surface area contributed by atoms with E-state index >= 15 is 0 Å². The predicted molar refractivity (Wildman–Crippen MR) is 195 cm³/mol. The maximum absolute atomic E-state index is 6.55. The molecular weight excluding hydrogens is 592 g/mol. The van der Waals surface area contributed by atoms with Crippen molar-refractivity contribution in [3.8, 4) is 16.9 Å². The molecule has 1 aliphatic rings. The number of rotatable bonds is 5. The molecule has 48 heavy (non-hydrogen) atoms. The second-order valence-electron chi connectivity index (χ2n) is 12.1. The van der Waals surface area contributed by atoms with Crippen molar-refractivity contribution in [2.24, 2.45) is 0 Å². The topological polar surface area (TPSA) is 50.8 Å². The van der Waals surface area contributed by atoms with Gasteiger partial charge in [-0.1, -0.05) is 97.1 Å². The molecule has 0 bridgehead atoms. The Balaban J connectivity index is 1.14. The van der Waals surface area contributed by atoms with E-state index in [0.29, 0.717) is 0 Å². The number of furan rings is 2. The summed E-state index contributed by atoms with van der Waals surface area (Å²) in [6.45, 7) is 0. The van der Waals surface area contributed by atoms with Crippen LogP contribution in [0.4, 0.5) is 22.7 Å². The van der Waals surface area contributed by atoms with E-state index in [4.69, 9.17) is 13.6 Å². The van der Waals surface area contributed by atoms with Gasteiger partial charge in [0.25, 0.3) is 0 Å². The molecule has 5 nitrogen and oxygen atoms in total. The molecule has 2 aromatic heterocycles. The van der Waals surface area contributed by atoms with Crippen LogP contribution in [-0.2, 0) is 0 Å². The lowest BCUT2D eigenvalue weighted by atomic mass is 10.0. The Hall–Kier alpha value is -6.46. The Morgan fingerprint density at radius 3 is 2.00 bits per heavy atom. The number of ether oxygens (including phenoxy) is 1. The number of nitrogens with zero attached hydrogens (tertiary/aromatic N) is 1. The highest BCUT2D eigenvalue weighted by molar-refractivity contribution is 6.15. The molecule has 0 fully saturated rings. The zero-order chi connectivity index (χ0) is 31.6. The normalized spacial score (nSPS) is 14.0. The Morgan fingerprint density at radius 2 is 1.15 bits per heavy atom. The molecule has 0 saturated heterocycles. The number of nitrogens with one attached hydrogen (secondary N) is 1. The molecule has 0 aliphatic carbocycles. The van der Waals surface area contributed by atoms with E-state index in [-0.39, 0.29) is 6.23 Å². The van der Waals surface area contributed by atoms with Gasteiger partial charge in [-0.15, -0.1) is 0 Å². The molecule has 228 valence electrons. The van der Waals surface area contributed by atoms with Crippen molar-refractivity contribution in [2.45, 2.75) is 6.23 Å². The van der Waals surface area contributed by atoms with E-state index in [1.807, 2.05) is 54.6 Å². The minimum absolute atomic E-state index is 0.254. The third-order valence-corrected chi connectivity index (χ3v) is 9.31. The van der Waals surface area contributed by atoms with E-state index in [9.17, 15) is 0 Å². The van der Waals surface area contributed by atoms with Crippen LogP contribution < -0.4 is 15.0 Å². The quantitative estimate of drug-likeness (QED) is 0.207. The van der Waals surface area contributed by atoms with Gasteiger partial charge >= 0.3 is 0 Å². The standard InChI is InChI=1S/C43H28N2O3/c1-3-10-27(11-4-1)28-18-20-30(21-19-28)45(35-15-9-17-37-40(35)32-14-7-8-16-36(32)46-37)31-22-23-33-39(26-31)47-38-25-24-34-42(41(33)38)48-43(44-34)29-12-5-2-6-13-29/h1-26,43-44H. The first-order chi connectivity index (χ1) is 23.8. The van der Waals surface area contributed by atoms with Crippen LogP contribution in [0, 0.1) is 0 Å². The lowest BCUT2D eigenvalue weighted by molar-refractivity contribution is 0.263. The van der Waals surface area contributed by atoms with Gasteiger partial charge in [0, 0.05) is 33.8 Å². The lowest BCUT2D eigenvalue weighted by Crippen LogP contribution is -2.10. The van der Waals surface area contributed by atoms with Gasteiger partial charge in [-0.2, -0.15) is 0 Å². The summed E-state index contributed by atoms with van der Waals surface area (Å²) >= 11 is 0. The summed E-state index contributed by atoms with van der Waals surface area (Å²) in [5.74, 6) is 0.816. The van der Waals surface area contributed by atoms with Crippen LogP contribution in [0.3, 0.4) is 0 Å². The predicted octanol–water partition coefficient (Wildman–Crippen LogP) is 12.1. The fraction of sp³-hybridized carbons (Fsp3) is 0.0233. The summed E-state index contributed by atoms with van der Waals surface area (Å²) in [7, 11) is 0. The first-order valence-corrected chi connectivity index (χ1v) is 16.1. The average molecular weight is 621 g/mol. The fourth-order valence-corrected chi connectivity index (χ4v) is 7.07. The summed E-state index contributed by atoms with van der Waals surface area (Å²) in [5.41, 5.74) is 10.7. The van der Waals surface area contributed by atoms with Crippen LogP contribution in [0.2, 0.25) is 0 Å². The number of fused-ring (bicyclic) bond motifs is 8. The van der Waals surface area contributed by atoms with Crippen molar-refractivity contribution in [3.05, 3.63) is 163 Å². The largest absolute Gasteiger partial charge is 0.464 e. The molecule has 1 atom stereocenters. The molecule has 0 radical (unpaired) electrons. The summed E-state index contributed by atoms with van der Waals surface area (Å²) in [4.78, 5) is 2.29. The third kappa shape index (κ3) is 4.18. The highest BCUT2D eigenvalue weighted by atomic mass is 16.5. The molecule has 1 aliphatic heterocycles. The van der Waals surface area contributed by atoms with Crippen LogP contribution in [0.5, 0.6) is 5.75 Å². The van der Waals surface area contributed by atoms with Gasteiger partial charge in [-0.25, -0.2) is 0 Å². The van der Waals surface area contributed by atoms with E-state index in [2.05, 4.69) is 113 Å². The molecule has 1 N–H and O–H groups in total. The molecule has 10 rings (SSSR count). The monoisotopic (exact) mass is 620 g/mol. The van der Waals surface area contributed by atoms with Crippen LogP contribution in [0.1, 0.15) is 11.8 Å². The summed E-state index contributed by atoms with van der Waals surface area (Å²) in [6, 6.07) is 54.4. The Morgan fingerprint density at radius 1 is 0.479 bits per heavy atom. The maximum atomic E-state index is 6.55. The summed E-state index contributed by atoms with van der Waals surface area (Å²) < 4.78 is 19.4. The minimum Gasteiger partial charge on any atom is -0.464 e. The smallest absolute Gasteiger partial charge is 0.196 e. The number of benzene rings is 7. The average Bonchev–Trinajstić information content (AvgIpc) is 3.86. The zero-order valence-corrected chi connectivity index (χ0v) is 25.8. The number of anilines is 4. The van der Waals surface area contributed by atoms with Gasteiger partial charge in [0.05, 0.1) is 22.1 Å². The highest BCUT2D eigenvalue weighted by Crippen LogP contribution is 2.49. The van der Waals surface area contributed by atoms with Crippen molar-refractivity contribution in [1.82, 2.24) is 0 Å².